The first-order chi connectivity index (χ1) is 9.24. The van der Waals surface area contributed by atoms with E-state index in [1.807, 2.05) is 20.8 Å². The normalized spacial score (nSPS) is 23.1. The number of aliphatic hydroxyl groups excluding tert-OH is 1. The molecule has 1 aromatic rings. The van der Waals surface area contributed by atoms with Crippen LogP contribution in [0.3, 0.4) is 0 Å². The maximum absolute atomic E-state index is 12.0. The van der Waals surface area contributed by atoms with Crippen molar-refractivity contribution in [2.75, 3.05) is 13.1 Å². The van der Waals surface area contributed by atoms with Crippen molar-refractivity contribution >= 4 is 33.4 Å². The van der Waals surface area contributed by atoms with E-state index in [2.05, 4.69) is 20.9 Å². The van der Waals surface area contributed by atoms with Crippen LogP contribution in [0.5, 0.6) is 0 Å². The number of nitrogens with zero attached hydrogens (tertiary/aromatic N) is 2. The van der Waals surface area contributed by atoms with E-state index in [1.165, 1.54) is 0 Å². The van der Waals surface area contributed by atoms with E-state index in [0.29, 0.717) is 19.5 Å². The molecule has 2 unspecified atom stereocenters. The highest BCUT2D eigenvalue weighted by Gasteiger charge is 2.36. The lowest BCUT2D eigenvalue weighted by molar-refractivity contribution is 0.0270. The summed E-state index contributed by atoms with van der Waals surface area (Å²) in [5.74, 6) is 0.0144. The Bertz CT molecular complexity index is 486. The monoisotopic (exact) mass is 362 g/mol. The summed E-state index contributed by atoms with van der Waals surface area (Å²) in [5, 5.41) is 11.1. The zero-order valence-electron chi connectivity index (χ0n) is 11.8. The van der Waals surface area contributed by atoms with Gasteiger partial charge in [0.05, 0.1) is 27.6 Å². The third kappa shape index (κ3) is 4.17. The molecule has 1 N–H and O–H groups in total. The number of β-amino-alcohol motifs (C(OH)–C–C–N with tert-alkyl or cyclic N) is 1. The fraction of sp³-hybridized carbons (Fsp3) is 0.692. The van der Waals surface area contributed by atoms with Crippen LogP contribution in [-0.4, -0.2) is 45.9 Å². The molecule has 0 aliphatic carbocycles. The van der Waals surface area contributed by atoms with E-state index >= 15 is 0 Å². The predicted molar refractivity (Wildman–Crippen MR) is 80.8 cm³/mol. The first-order valence-corrected chi connectivity index (χ1v) is 8.12. The van der Waals surface area contributed by atoms with Gasteiger partial charge in [0.2, 0.25) is 0 Å². The standard InChI is InChI=1S/C13H19BrN2O3S/c1-13(2,3)19-12(18)16-6-8(9(17)7-16)4-11-15-5-10(14)20-11/h5,8-9,17H,4,6-7H2,1-3H3. The molecular formula is C13H19BrN2O3S. The summed E-state index contributed by atoms with van der Waals surface area (Å²) >= 11 is 4.93. The molecule has 7 heteroatoms. The van der Waals surface area contributed by atoms with E-state index in [0.717, 1.165) is 8.79 Å². The minimum atomic E-state index is -0.523. The number of thiazole rings is 1. The van der Waals surface area contributed by atoms with Gasteiger partial charge in [-0.2, -0.15) is 0 Å². The Kier molecular flexibility index (Phi) is 4.71. The molecule has 2 heterocycles. The minimum Gasteiger partial charge on any atom is -0.444 e. The number of amides is 1. The molecule has 1 fully saturated rings. The fourth-order valence-electron chi connectivity index (χ4n) is 2.14. The number of aliphatic hydroxyl groups is 1. The highest BCUT2D eigenvalue weighted by atomic mass is 79.9. The lowest BCUT2D eigenvalue weighted by Gasteiger charge is -2.24. The maximum atomic E-state index is 12.0. The van der Waals surface area contributed by atoms with Crippen molar-refractivity contribution in [2.45, 2.75) is 38.9 Å². The zero-order chi connectivity index (χ0) is 14.9. The summed E-state index contributed by atoms with van der Waals surface area (Å²) in [6.07, 6.45) is 1.55. The highest BCUT2D eigenvalue weighted by Crippen LogP contribution is 2.27. The molecule has 2 rings (SSSR count). The summed E-state index contributed by atoms with van der Waals surface area (Å²) in [7, 11) is 0. The van der Waals surface area contributed by atoms with Crippen LogP contribution in [0.4, 0.5) is 4.79 Å². The molecule has 0 bridgehead atoms. The van der Waals surface area contributed by atoms with Gasteiger partial charge in [-0.25, -0.2) is 9.78 Å². The van der Waals surface area contributed by atoms with Crippen molar-refractivity contribution in [2.24, 2.45) is 5.92 Å². The first-order valence-electron chi connectivity index (χ1n) is 6.51. The molecule has 1 amide bonds. The molecule has 0 radical (unpaired) electrons. The van der Waals surface area contributed by atoms with Gasteiger partial charge in [0.25, 0.3) is 0 Å². The zero-order valence-corrected chi connectivity index (χ0v) is 14.2. The van der Waals surface area contributed by atoms with Gasteiger partial charge in [0.1, 0.15) is 5.60 Å². The van der Waals surface area contributed by atoms with E-state index in [4.69, 9.17) is 4.74 Å². The number of likely N-dealkylation sites (tertiary alicyclic amines) is 1. The second-order valence-electron chi connectivity index (χ2n) is 5.97. The molecule has 1 aliphatic rings. The average Bonchev–Trinajstić information content (AvgIpc) is 2.85. The number of rotatable bonds is 2. The van der Waals surface area contributed by atoms with Crippen molar-refractivity contribution in [1.82, 2.24) is 9.88 Å². The average molecular weight is 363 g/mol. The minimum absolute atomic E-state index is 0.0144. The summed E-state index contributed by atoms with van der Waals surface area (Å²) in [6.45, 7) is 6.34. The number of hydrogen-bond donors (Lipinski definition) is 1. The molecule has 20 heavy (non-hydrogen) atoms. The fourth-order valence-corrected chi connectivity index (χ4v) is 3.53. The van der Waals surface area contributed by atoms with Gasteiger partial charge in [-0.3, -0.25) is 0 Å². The summed E-state index contributed by atoms with van der Waals surface area (Å²) in [6, 6.07) is 0. The summed E-state index contributed by atoms with van der Waals surface area (Å²) in [5.41, 5.74) is -0.514. The first kappa shape index (κ1) is 15.7. The van der Waals surface area contributed by atoms with Gasteiger partial charge < -0.3 is 14.7 Å². The predicted octanol–water partition coefficient (Wildman–Crippen LogP) is 2.68. The molecule has 1 saturated heterocycles. The van der Waals surface area contributed by atoms with Crippen LogP contribution >= 0.6 is 27.3 Å². The Morgan fingerprint density at radius 3 is 2.85 bits per heavy atom. The van der Waals surface area contributed by atoms with E-state index in [-0.39, 0.29) is 12.0 Å². The maximum Gasteiger partial charge on any atom is 0.410 e. The number of hydrogen-bond acceptors (Lipinski definition) is 5. The van der Waals surface area contributed by atoms with Gasteiger partial charge in [-0.05, 0) is 36.7 Å². The topological polar surface area (TPSA) is 62.7 Å². The summed E-state index contributed by atoms with van der Waals surface area (Å²) in [4.78, 5) is 17.8. The van der Waals surface area contributed by atoms with Crippen molar-refractivity contribution in [1.29, 1.82) is 0 Å². The Balaban J connectivity index is 1.93. The number of ether oxygens (including phenoxy) is 1. The van der Waals surface area contributed by atoms with Gasteiger partial charge >= 0.3 is 6.09 Å². The molecular weight excluding hydrogens is 344 g/mol. The second-order valence-corrected chi connectivity index (χ2v) is 8.47. The molecule has 2 atom stereocenters. The lowest BCUT2D eigenvalue weighted by Crippen LogP contribution is -2.35. The second kappa shape index (κ2) is 5.99. The smallest absolute Gasteiger partial charge is 0.410 e. The lowest BCUT2D eigenvalue weighted by atomic mass is 10.0. The number of halogens is 1. The number of carbonyl (C=O) groups is 1. The molecule has 0 spiro atoms. The molecule has 0 saturated carbocycles. The van der Waals surface area contributed by atoms with E-state index in [9.17, 15) is 9.90 Å². The third-order valence-corrected chi connectivity index (χ3v) is 4.52. The number of carbonyl (C=O) groups excluding carboxylic acids is 1. The van der Waals surface area contributed by atoms with Crippen LogP contribution in [0, 0.1) is 5.92 Å². The highest BCUT2D eigenvalue weighted by molar-refractivity contribution is 9.11. The summed E-state index contributed by atoms with van der Waals surface area (Å²) < 4.78 is 6.30. The van der Waals surface area contributed by atoms with Crippen molar-refractivity contribution in [3.63, 3.8) is 0 Å². The molecule has 1 aromatic heterocycles. The van der Waals surface area contributed by atoms with Crippen molar-refractivity contribution in [3.8, 4) is 0 Å². The van der Waals surface area contributed by atoms with Crippen LogP contribution in [0.2, 0.25) is 0 Å². The molecule has 0 aromatic carbocycles. The van der Waals surface area contributed by atoms with Gasteiger partial charge in [0, 0.05) is 18.9 Å². The Morgan fingerprint density at radius 2 is 2.30 bits per heavy atom. The quantitative estimate of drug-likeness (QED) is 0.878. The molecule has 5 nitrogen and oxygen atoms in total. The van der Waals surface area contributed by atoms with Crippen molar-refractivity contribution < 1.29 is 14.6 Å². The Labute approximate surface area is 131 Å². The number of aromatic nitrogens is 1. The Hall–Kier alpha value is -0.660. The van der Waals surface area contributed by atoms with Gasteiger partial charge in [-0.15, -0.1) is 11.3 Å². The van der Waals surface area contributed by atoms with Crippen LogP contribution in [0.1, 0.15) is 25.8 Å². The van der Waals surface area contributed by atoms with Crippen LogP contribution in [0.15, 0.2) is 9.98 Å². The van der Waals surface area contributed by atoms with E-state index < -0.39 is 11.7 Å². The van der Waals surface area contributed by atoms with Gasteiger partial charge in [0.15, 0.2) is 0 Å². The molecule has 112 valence electrons. The van der Waals surface area contributed by atoms with Gasteiger partial charge in [-0.1, -0.05) is 0 Å². The van der Waals surface area contributed by atoms with E-state index in [1.54, 1.807) is 22.4 Å². The third-order valence-electron chi connectivity index (χ3n) is 3.02. The SMILES string of the molecule is CC(C)(C)OC(=O)N1CC(O)C(Cc2ncc(Br)s2)C1. The van der Waals surface area contributed by atoms with Crippen LogP contribution in [-0.2, 0) is 11.2 Å². The van der Waals surface area contributed by atoms with Crippen LogP contribution < -0.4 is 0 Å². The molecule has 1 aliphatic heterocycles. The largest absolute Gasteiger partial charge is 0.444 e. The van der Waals surface area contributed by atoms with Crippen molar-refractivity contribution in [3.05, 3.63) is 15.0 Å². The Morgan fingerprint density at radius 1 is 1.60 bits per heavy atom. The van der Waals surface area contributed by atoms with Crippen LogP contribution in [0.25, 0.3) is 0 Å².